The van der Waals surface area contributed by atoms with Crippen LogP contribution in [-0.4, -0.2) is 29.2 Å². The van der Waals surface area contributed by atoms with Crippen LogP contribution in [0.4, 0.5) is 4.79 Å². The molecule has 4 nitrogen and oxygen atoms in total. The molecule has 1 aromatic heterocycles. The number of nitriles is 1. The Balaban J connectivity index is 2.20. The van der Waals surface area contributed by atoms with Crippen LogP contribution in [0, 0.1) is 11.3 Å². The molecule has 0 saturated heterocycles. The van der Waals surface area contributed by atoms with Crippen molar-refractivity contribution in [1.29, 1.82) is 5.26 Å². The smallest absolute Gasteiger partial charge is 0.285 e. The van der Waals surface area contributed by atoms with Gasteiger partial charge in [0.1, 0.15) is 0 Å². The summed E-state index contributed by atoms with van der Waals surface area (Å²) in [4.78, 5) is 19.0. The highest BCUT2D eigenvalue weighted by Gasteiger charge is 2.15. The van der Waals surface area contributed by atoms with Gasteiger partial charge in [-0.2, -0.15) is 5.26 Å². The van der Waals surface area contributed by atoms with Gasteiger partial charge in [0.2, 0.25) is 0 Å². The monoisotopic (exact) mass is 333 g/mol. The molecular formula is C19H15N3OS. The summed E-state index contributed by atoms with van der Waals surface area (Å²) in [5.74, 6) is 0. The first-order valence-corrected chi connectivity index (χ1v) is 8.19. The molecule has 0 aliphatic carbocycles. The van der Waals surface area contributed by atoms with Gasteiger partial charge in [0.25, 0.3) is 5.24 Å². The van der Waals surface area contributed by atoms with Crippen molar-refractivity contribution in [3.05, 3.63) is 60.3 Å². The Kier molecular flexibility index (Phi) is 4.50. The largest absolute Gasteiger partial charge is 0.339 e. The quantitative estimate of drug-likeness (QED) is 0.646. The van der Waals surface area contributed by atoms with E-state index in [2.05, 4.69) is 11.1 Å². The first kappa shape index (κ1) is 16.0. The van der Waals surface area contributed by atoms with E-state index in [4.69, 9.17) is 5.26 Å². The molecule has 118 valence electrons. The van der Waals surface area contributed by atoms with Gasteiger partial charge in [-0.05, 0) is 47.7 Å². The minimum atomic E-state index is -0.0341. The Morgan fingerprint density at radius 2 is 1.88 bits per heavy atom. The number of pyridine rings is 1. The number of hydrogen-bond donors (Lipinski definition) is 0. The number of aromatic nitrogens is 1. The fourth-order valence-corrected chi connectivity index (χ4v) is 3.25. The summed E-state index contributed by atoms with van der Waals surface area (Å²) in [6.45, 7) is 0. The number of fused-ring (bicyclic) bond motifs is 1. The lowest BCUT2D eigenvalue weighted by Crippen LogP contribution is -2.16. The summed E-state index contributed by atoms with van der Waals surface area (Å²) in [7, 11) is 3.47. The topological polar surface area (TPSA) is 57.0 Å². The number of benzene rings is 2. The Bertz CT molecular complexity index is 943. The average molecular weight is 333 g/mol. The predicted octanol–water partition coefficient (Wildman–Crippen LogP) is 4.55. The minimum Gasteiger partial charge on any atom is -0.339 e. The molecule has 24 heavy (non-hydrogen) atoms. The fourth-order valence-electron chi connectivity index (χ4n) is 2.41. The zero-order valence-electron chi connectivity index (χ0n) is 13.4. The zero-order valence-corrected chi connectivity index (χ0v) is 14.2. The number of hydrogen-bond acceptors (Lipinski definition) is 4. The van der Waals surface area contributed by atoms with Gasteiger partial charge in [0, 0.05) is 36.1 Å². The number of thioether (sulfide) groups is 1. The van der Waals surface area contributed by atoms with Crippen LogP contribution in [0.5, 0.6) is 0 Å². The van der Waals surface area contributed by atoms with E-state index in [9.17, 15) is 4.79 Å². The first-order valence-electron chi connectivity index (χ1n) is 7.37. The average Bonchev–Trinajstić information content (AvgIpc) is 2.61. The highest BCUT2D eigenvalue weighted by Crippen LogP contribution is 2.37. The zero-order chi connectivity index (χ0) is 17.1. The molecule has 1 amide bonds. The molecule has 0 aliphatic heterocycles. The Hall–Kier alpha value is -2.84. The van der Waals surface area contributed by atoms with Gasteiger partial charge in [0.15, 0.2) is 0 Å². The van der Waals surface area contributed by atoms with Crippen LogP contribution in [0.1, 0.15) is 5.56 Å². The Morgan fingerprint density at radius 3 is 2.54 bits per heavy atom. The normalized spacial score (nSPS) is 10.4. The lowest BCUT2D eigenvalue weighted by Gasteiger charge is -2.14. The maximum absolute atomic E-state index is 12.2. The van der Waals surface area contributed by atoms with Crippen molar-refractivity contribution in [2.45, 2.75) is 4.90 Å². The van der Waals surface area contributed by atoms with Crippen molar-refractivity contribution < 1.29 is 4.79 Å². The van der Waals surface area contributed by atoms with Crippen molar-refractivity contribution in [2.75, 3.05) is 14.1 Å². The van der Waals surface area contributed by atoms with E-state index in [1.54, 1.807) is 37.3 Å². The standard InChI is InChI=1S/C19H15N3OS/c1-22(2)19(23)24-17-10-9-16-15(4-3-11-21-16)18(17)14-7-5-13(12-20)6-8-14/h3-11H,1-2H3. The molecule has 0 radical (unpaired) electrons. The van der Waals surface area contributed by atoms with Crippen molar-refractivity contribution >= 4 is 27.9 Å². The highest BCUT2D eigenvalue weighted by atomic mass is 32.2. The second kappa shape index (κ2) is 6.73. The maximum atomic E-state index is 12.2. The summed E-state index contributed by atoms with van der Waals surface area (Å²) < 4.78 is 0. The van der Waals surface area contributed by atoms with Crippen LogP contribution in [0.15, 0.2) is 59.6 Å². The number of rotatable bonds is 2. The van der Waals surface area contributed by atoms with Crippen LogP contribution in [-0.2, 0) is 0 Å². The van der Waals surface area contributed by atoms with Gasteiger partial charge in [0.05, 0.1) is 17.1 Å². The van der Waals surface area contributed by atoms with Gasteiger partial charge < -0.3 is 4.90 Å². The van der Waals surface area contributed by atoms with E-state index in [1.807, 2.05) is 36.4 Å². The van der Waals surface area contributed by atoms with Crippen molar-refractivity contribution in [1.82, 2.24) is 9.88 Å². The third kappa shape index (κ3) is 3.10. The SMILES string of the molecule is CN(C)C(=O)Sc1ccc2ncccc2c1-c1ccc(C#N)cc1. The van der Waals surface area contributed by atoms with Gasteiger partial charge in [-0.15, -0.1) is 0 Å². The van der Waals surface area contributed by atoms with Gasteiger partial charge >= 0.3 is 0 Å². The maximum Gasteiger partial charge on any atom is 0.285 e. The predicted molar refractivity (Wildman–Crippen MR) is 96.8 cm³/mol. The first-order chi connectivity index (χ1) is 11.6. The molecule has 3 rings (SSSR count). The molecular weight excluding hydrogens is 318 g/mol. The summed E-state index contributed by atoms with van der Waals surface area (Å²) in [6, 6.07) is 17.2. The summed E-state index contributed by atoms with van der Waals surface area (Å²) in [5.41, 5.74) is 3.40. The molecule has 0 spiro atoms. The van der Waals surface area contributed by atoms with E-state index >= 15 is 0 Å². The number of nitrogens with zero attached hydrogens (tertiary/aromatic N) is 3. The second-order valence-electron chi connectivity index (χ2n) is 5.46. The highest BCUT2D eigenvalue weighted by molar-refractivity contribution is 8.13. The van der Waals surface area contributed by atoms with Crippen LogP contribution >= 0.6 is 11.8 Å². The van der Waals surface area contributed by atoms with Crippen LogP contribution in [0.2, 0.25) is 0 Å². The number of amides is 1. The van der Waals surface area contributed by atoms with Gasteiger partial charge in [-0.25, -0.2) is 0 Å². The molecule has 0 saturated carbocycles. The van der Waals surface area contributed by atoms with E-state index < -0.39 is 0 Å². The second-order valence-corrected chi connectivity index (χ2v) is 6.45. The van der Waals surface area contributed by atoms with Crippen LogP contribution in [0.3, 0.4) is 0 Å². The van der Waals surface area contributed by atoms with E-state index in [0.29, 0.717) is 5.56 Å². The number of carbonyl (C=O) groups is 1. The van der Waals surface area contributed by atoms with Gasteiger partial charge in [-0.1, -0.05) is 18.2 Å². The molecule has 0 N–H and O–H groups in total. The summed E-state index contributed by atoms with van der Waals surface area (Å²) in [5, 5.41) is 9.94. The molecule has 3 aromatic rings. The third-order valence-corrected chi connectivity index (χ3v) is 4.71. The number of carbonyl (C=O) groups excluding carboxylic acids is 1. The molecule has 0 unspecified atom stereocenters. The van der Waals surface area contributed by atoms with Crippen molar-refractivity contribution in [3.8, 4) is 17.2 Å². The third-order valence-electron chi connectivity index (χ3n) is 3.61. The molecule has 0 fully saturated rings. The Labute approximate surface area is 144 Å². The Morgan fingerprint density at radius 1 is 1.12 bits per heavy atom. The summed E-state index contributed by atoms with van der Waals surface area (Å²) >= 11 is 1.19. The molecule has 0 atom stereocenters. The minimum absolute atomic E-state index is 0.0341. The molecule has 1 heterocycles. The lowest BCUT2D eigenvalue weighted by molar-refractivity contribution is 0.241. The van der Waals surface area contributed by atoms with Crippen molar-refractivity contribution in [3.63, 3.8) is 0 Å². The van der Waals surface area contributed by atoms with E-state index in [-0.39, 0.29) is 5.24 Å². The van der Waals surface area contributed by atoms with E-state index in [0.717, 1.165) is 26.9 Å². The molecule has 0 aliphatic rings. The summed E-state index contributed by atoms with van der Waals surface area (Å²) in [6.07, 6.45) is 1.75. The van der Waals surface area contributed by atoms with Crippen molar-refractivity contribution in [2.24, 2.45) is 0 Å². The van der Waals surface area contributed by atoms with Gasteiger partial charge in [-0.3, -0.25) is 9.78 Å². The van der Waals surface area contributed by atoms with Crippen LogP contribution < -0.4 is 0 Å². The fraction of sp³-hybridized carbons (Fsp3) is 0.105. The lowest BCUT2D eigenvalue weighted by atomic mass is 9.99. The molecule has 0 bridgehead atoms. The molecule has 5 heteroatoms. The van der Waals surface area contributed by atoms with E-state index in [1.165, 1.54) is 11.8 Å². The molecule has 2 aromatic carbocycles. The van der Waals surface area contributed by atoms with Crippen LogP contribution in [0.25, 0.3) is 22.0 Å².